The fourth-order valence-corrected chi connectivity index (χ4v) is 5.66. The molecular formula is C27H37F3N6O8S. The van der Waals surface area contributed by atoms with Gasteiger partial charge in [0.25, 0.3) is 10.0 Å². The molecule has 1 aliphatic heterocycles. The van der Waals surface area contributed by atoms with E-state index in [0.717, 1.165) is 4.31 Å². The normalized spacial score (nSPS) is 15.4. The number of hydrogen-bond donors (Lipinski definition) is 3. The number of anilines is 2. The highest BCUT2D eigenvalue weighted by Gasteiger charge is 2.51. The van der Waals surface area contributed by atoms with E-state index < -0.39 is 45.7 Å². The van der Waals surface area contributed by atoms with E-state index in [4.69, 9.17) is 9.47 Å². The summed E-state index contributed by atoms with van der Waals surface area (Å²) < 4.78 is 85.6. The molecule has 2 heterocycles. The van der Waals surface area contributed by atoms with Crippen molar-refractivity contribution >= 4 is 39.5 Å². The second-order valence-corrected chi connectivity index (χ2v) is 13.5. The third kappa shape index (κ3) is 9.15. The van der Waals surface area contributed by atoms with Crippen molar-refractivity contribution in [1.29, 1.82) is 0 Å². The maximum atomic E-state index is 14.0. The van der Waals surface area contributed by atoms with E-state index in [1.807, 2.05) is 0 Å². The quantitative estimate of drug-likeness (QED) is 0.362. The fraction of sp³-hybridized carbons (Fsp3) is 0.556. The molecule has 250 valence electrons. The maximum Gasteiger partial charge on any atom is 0.427 e. The zero-order valence-corrected chi connectivity index (χ0v) is 26.7. The molecule has 0 saturated carbocycles. The molecule has 1 aromatic heterocycles. The predicted octanol–water partition coefficient (Wildman–Crippen LogP) is 3.70. The molecule has 1 aromatic carbocycles. The van der Waals surface area contributed by atoms with Crippen LogP contribution in [0, 0.1) is 6.92 Å². The number of ether oxygens (including phenoxy) is 3. The summed E-state index contributed by atoms with van der Waals surface area (Å²) in [5, 5.41) is 11.6. The van der Waals surface area contributed by atoms with Crippen LogP contribution in [0.5, 0.6) is 5.75 Å². The molecule has 14 nitrogen and oxygen atoms in total. The first kappa shape index (κ1) is 35.3. The monoisotopic (exact) mass is 662 g/mol. The topological polar surface area (TPSA) is 170 Å². The van der Waals surface area contributed by atoms with Crippen molar-refractivity contribution in [2.75, 3.05) is 29.3 Å². The molecule has 2 aromatic rings. The van der Waals surface area contributed by atoms with Crippen LogP contribution in [0.25, 0.3) is 0 Å². The van der Waals surface area contributed by atoms with Crippen molar-refractivity contribution in [2.45, 2.75) is 83.4 Å². The number of alkyl halides is 3. The van der Waals surface area contributed by atoms with Gasteiger partial charge in [-0.05, 0) is 59.7 Å². The smallest absolute Gasteiger partial charge is 0.427 e. The van der Waals surface area contributed by atoms with Gasteiger partial charge in [0.15, 0.2) is 0 Å². The summed E-state index contributed by atoms with van der Waals surface area (Å²) in [6.07, 6.45) is -6.43. The Morgan fingerprint density at radius 3 is 2.33 bits per heavy atom. The molecule has 3 rings (SSSR count). The first-order valence-corrected chi connectivity index (χ1v) is 15.2. The first-order chi connectivity index (χ1) is 20.6. The summed E-state index contributed by atoms with van der Waals surface area (Å²) in [6, 6.07) is 3.85. The lowest BCUT2D eigenvalue weighted by Gasteiger charge is -2.35. The van der Waals surface area contributed by atoms with Crippen LogP contribution in [-0.2, 0) is 30.8 Å². The van der Waals surface area contributed by atoms with Crippen LogP contribution in [0.4, 0.5) is 34.1 Å². The minimum atomic E-state index is -4.84. The molecule has 3 amide bonds. The zero-order valence-electron chi connectivity index (χ0n) is 25.9. The summed E-state index contributed by atoms with van der Waals surface area (Å²) in [7, 11) is -4.36. The fourth-order valence-electron chi connectivity index (χ4n) is 3.99. The van der Waals surface area contributed by atoms with Crippen LogP contribution < -0.4 is 25.0 Å². The van der Waals surface area contributed by atoms with Gasteiger partial charge in [-0.25, -0.2) is 18.0 Å². The van der Waals surface area contributed by atoms with E-state index in [-0.39, 0.29) is 59.8 Å². The highest BCUT2D eigenvalue weighted by Crippen LogP contribution is 2.40. The lowest BCUT2D eigenvalue weighted by atomic mass is 10.1. The molecule has 0 aliphatic carbocycles. The molecule has 0 spiro atoms. The SMILES string of the molecule is CC(=O)NCC1CN(S(=O)(=O)c2cn(CCNC(=O)OC(C)(C)C)nc2C)c2cc(NC(=O)OC(C)(C)C(F)(F)F)ccc2O1. The van der Waals surface area contributed by atoms with Crippen LogP contribution in [0.1, 0.15) is 47.2 Å². The maximum absolute atomic E-state index is 14.0. The van der Waals surface area contributed by atoms with Gasteiger partial charge in [-0.1, -0.05) is 0 Å². The van der Waals surface area contributed by atoms with Crippen molar-refractivity contribution in [2.24, 2.45) is 0 Å². The molecule has 3 N–H and O–H groups in total. The van der Waals surface area contributed by atoms with Gasteiger partial charge in [-0.2, -0.15) is 18.3 Å². The molecule has 0 saturated heterocycles. The average Bonchev–Trinajstić information content (AvgIpc) is 3.25. The zero-order chi connectivity index (χ0) is 34.0. The molecular weight excluding hydrogens is 625 g/mol. The van der Waals surface area contributed by atoms with Gasteiger partial charge in [0.1, 0.15) is 22.4 Å². The number of alkyl carbamates (subject to hydrolysis) is 1. The van der Waals surface area contributed by atoms with E-state index in [1.54, 1.807) is 20.8 Å². The Kier molecular flexibility index (Phi) is 10.2. The Morgan fingerprint density at radius 2 is 1.73 bits per heavy atom. The van der Waals surface area contributed by atoms with Crippen LogP contribution in [0.2, 0.25) is 0 Å². The minimum absolute atomic E-state index is 0.0271. The molecule has 0 bridgehead atoms. The standard InChI is InChI=1S/C27H37F3N6O8S/c1-16-22(15-35(34-16)11-10-31-23(38)43-25(3,4)5)45(40,41)36-14-19(13-32-17(2)37)42-21-9-8-18(12-20(21)36)33-24(39)44-26(6,7)27(28,29)30/h8-9,12,15,19H,10-11,13-14H2,1-7H3,(H,31,38)(H,32,37)(H,33,39). The molecule has 1 aliphatic rings. The Hall–Kier alpha value is -4.22. The predicted molar refractivity (Wildman–Crippen MR) is 156 cm³/mol. The molecule has 1 unspecified atom stereocenters. The van der Waals surface area contributed by atoms with E-state index in [1.165, 1.54) is 42.9 Å². The second kappa shape index (κ2) is 13.0. The molecule has 18 heteroatoms. The van der Waals surface area contributed by atoms with Crippen molar-refractivity contribution in [3.05, 3.63) is 30.1 Å². The van der Waals surface area contributed by atoms with Gasteiger partial charge >= 0.3 is 18.4 Å². The van der Waals surface area contributed by atoms with Gasteiger partial charge in [0.05, 0.1) is 31.0 Å². The number of aryl methyl sites for hydroxylation is 1. The Morgan fingerprint density at radius 1 is 1.07 bits per heavy atom. The number of halogens is 3. The van der Waals surface area contributed by atoms with E-state index in [2.05, 4.69) is 25.8 Å². The number of fused-ring (bicyclic) bond motifs is 1. The van der Waals surface area contributed by atoms with E-state index in [0.29, 0.717) is 13.8 Å². The summed E-state index contributed by atoms with van der Waals surface area (Å²) in [6.45, 7) is 9.19. The number of benzene rings is 1. The molecule has 0 fully saturated rings. The van der Waals surface area contributed by atoms with Gasteiger partial charge in [-0.15, -0.1) is 0 Å². The summed E-state index contributed by atoms with van der Waals surface area (Å²) in [5.41, 5.74) is -3.44. The van der Waals surface area contributed by atoms with E-state index in [9.17, 15) is 36.0 Å². The van der Waals surface area contributed by atoms with Crippen LogP contribution in [0.3, 0.4) is 0 Å². The van der Waals surface area contributed by atoms with Crippen LogP contribution >= 0.6 is 0 Å². The van der Waals surface area contributed by atoms with Crippen LogP contribution in [0.15, 0.2) is 29.3 Å². The lowest BCUT2D eigenvalue weighted by Crippen LogP contribution is -2.48. The van der Waals surface area contributed by atoms with Gasteiger partial charge in [0, 0.05) is 25.4 Å². The van der Waals surface area contributed by atoms with Gasteiger partial charge in [0.2, 0.25) is 11.5 Å². The Labute approximate surface area is 258 Å². The van der Waals surface area contributed by atoms with E-state index >= 15 is 0 Å². The van der Waals surface area contributed by atoms with Crippen molar-refractivity contribution in [3.8, 4) is 5.75 Å². The van der Waals surface area contributed by atoms with Crippen molar-refractivity contribution in [1.82, 2.24) is 20.4 Å². The molecule has 1 atom stereocenters. The molecule has 45 heavy (non-hydrogen) atoms. The Bertz CT molecular complexity index is 1540. The number of rotatable bonds is 9. The number of amides is 3. The summed E-state index contributed by atoms with van der Waals surface area (Å²) in [4.78, 5) is 35.6. The molecule has 0 radical (unpaired) electrons. The minimum Gasteiger partial charge on any atom is -0.484 e. The van der Waals surface area contributed by atoms with Crippen molar-refractivity contribution in [3.63, 3.8) is 0 Å². The Balaban J connectivity index is 1.89. The van der Waals surface area contributed by atoms with Gasteiger partial charge < -0.3 is 24.8 Å². The first-order valence-electron chi connectivity index (χ1n) is 13.7. The second-order valence-electron chi connectivity index (χ2n) is 11.7. The summed E-state index contributed by atoms with van der Waals surface area (Å²) in [5.74, 6) is -0.294. The number of sulfonamides is 1. The highest BCUT2D eigenvalue weighted by molar-refractivity contribution is 7.92. The number of carbonyl (C=O) groups is 3. The third-order valence-electron chi connectivity index (χ3n) is 6.22. The van der Waals surface area contributed by atoms with Crippen molar-refractivity contribution < 1.29 is 50.2 Å². The number of nitrogens with zero attached hydrogens (tertiary/aromatic N) is 3. The highest BCUT2D eigenvalue weighted by atomic mass is 32.2. The average molecular weight is 663 g/mol. The third-order valence-corrected chi connectivity index (χ3v) is 8.11. The number of nitrogens with one attached hydrogen (secondary N) is 3. The number of carbonyl (C=O) groups excluding carboxylic acids is 3. The lowest BCUT2D eigenvalue weighted by molar-refractivity contribution is -0.242. The summed E-state index contributed by atoms with van der Waals surface area (Å²) >= 11 is 0. The number of aromatic nitrogens is 2. The van der Waals surface area contributed by atoms with Gasteiger partial charge in [-0.3, -0.25) is 19.1 Å². The van der Waals surface area contributed by atoms with Crippen LogP contribution in [-0.4, -0.2) is 79.4 Å². The number of hydrogen-bond acceptors (Lipinski definition) is 9. The largest absolute Gasteiger partial charge is 0.484 e.